The van der Waals surface area contributed by atoms with Crippen molar-refractivity contribution < 1.29 is 4.79 Å². The molecule has 1 aromatic carbocycles. The van der Waals surface area contributed by atoms with Gasteiger partial charge in [0.2, 0.25) is 0 Å². The Balaban J connectivity index is 2.13. The maximum Gasteiger partial charge on any atom is 0.141 e. The van der Waals surface area contributed by atoms with Gasteiger partial charge in [0.25, 0.3) is 0 Å². The monoisotopic (exact) mass is 290 g/mol. The van der Waals surface area contributed by atoms with Crippen LogP contribution in [0.25, 0.3) is 0 Å². The fourth-order valence-corrected chi connectivity index (χ4v) is 2.77. The number of carbonyl (C=O) groups is 1. The lowest BCUT2D eigenvalue weighted by molar-refractivity contribution is -0.117. The van der Waals surface area contributed by atoms with E-state index in [2.05, 4.69) is 23.3 Å². The normalized spacial score (nSPS) is 10.8. The maximum atomic E-state index is 12.2. The Bertz CT molecular complexity index is 638. The Morgan fingerprint density at radius 1 is 1.15 bits per heavy atom. The highest BCUT2D eigenvalue weighted by molar-refractivity contribution is 6.30. The Morgan fingerprint density at radius 2 is 1.75 bits per heavy atom. The molecule has 3 nitrogen and oxygen atoms in total. The molecule has 0 unspecified atom stereocenters. The zero-order valence-electron chi connectivity index (χ0n) is 12.3. The minimum absolute atomic E-state index is 0.160. The van der Waals surface area contributed by atoms with Gasteiger partial charge in [0.1, 0.15) is 10.9 Å². The van der Waals surface area contributed by atoms with Crippen molar-refractivity contribution in [2.75, 3.05) is 0 Å². The van der Waals surface area contributed by atoms with Crippen molar-refractivity contribution in [3.05, 3.63) is 51.3 Å². The van der Waals surface area contributed by atoms with E-state index in [1.54, 1.807) is 11.7 Å². The van der Waals surface area contributed by atoms with Crippen LogP contribution >= 0.6 is 11.6 Å². The van der Waals surface area contributed by atoms with Gasteiger partial charge in [-0.1, -0.05) is 40.9 Å². The van der Waals surface area contributed by atoms with Gasteiger partial charge in [-0.25, -0.2) is 0 Å². The van der Waals surface area contributed by atoms with Crippen molar-refractivity contribution in [1.29, 1.82) is 0 Å². The van der Waals surface area contributed by atoms with Gasteiger partial charge >= 0.3 is 0 Å². The van der Waals surface area contributed by atoms with Crippen LogP contribution in [0.3, 0.4) is 0 Å². The van der Waals surface area contributed by atoms with Gasteiger partial charge in [0.15, 0.2) is 0 Å². The molecule has 2 rings (SSSR count). The second kappa shape index (κ2) is 5.80. The summed E-state index contributed by atoms with van der Waals surface area (Å²) in [7, 11) is 1.78. The second-order valence-electron chi connectivity index (χ2n) is 5.37. The number of carbonyl (C=O) groups excluding carboxylic acids is 1. The first-order valence-corrected chi connectivity index (χ1v) is 7.01. The third-order valence-electron chi connectivity index (χ3n) is 3.33. The van der Waals surface area contributed by atoms with Crippen LogP contribution in [0.1, 0.15) is 27.9 Å². The average molecular weight is 291 g/mol. The molecule has 4 heteroatoms. The first-order valence-electron chi connectivity index (χ1n) is 6.63. The maximum absolute atomic E-state index is 12.2. The summed E-state index contributed by atoms with van der Waals surface area (Å²) in [5.74, 6) is 0.160. The highest BCUT2D eigenvalue weighted by Gasteiger charge is 2.15. The van der Waals surface area contributed by atoms with Gasteiger partial charge in [-0.3, -0.25) is 9.48 Å². The standard InChI is InChI=1S/C16H19ClN2O/c1-10-5-11(2)7-13(6-10)8-14(20)9-15-12(3)18-19(4)16(15)17/h5-7H,8-9H2,1-4H3. The molecule has 20 heavy (non-hydrogen) atoms. The van der Waals surface area contributed by atoms with E-state index in [0.717, 1.165) is 16.8 Å². The molecule has 0 amide bonds. The molecule has 0 spiro atoms. The number of benzene rings is 1. The number of Topliss-reactive ketones (excluding diaryl/α,β-unsaturated/α-hetero) is 1. The lowest BCUT2D eigenvalue weighted by atomic mass is 10.00. The quantitative estimate of drug-likeness (QED) is 0.865. The van der Waals surface area contributed by atoms with Gasteiger partial charge < -0.3 is 0 Å². The fraction of sp³-hybridized carbons (Fsp3) is 0.375. The number of aryl methyl sites for hydroxylation is 4. The molecule has 0 saturated carbocycles. The molecule has 106 valence electrons. The Kier molecular flexibility index (Phi) is 4.29. The molecule has 0 aliphatic carbocycles. The van der Waals surface area contributed by atoms with Crippen LogP contribution in [0.2, 0.25) is 5.15 Å². The molecule has 0 saturated heterocycles. The number of nitrogens with zero attached hydrogens (tertiary/aromatic N) is 2. The number of rotatable bonds is 4. The Hall–Kier alpha value is -1.61. The van der Waals surface area contributed by atoms with Crippen molar-refractivity contribution in [3.8, 4) is 0 Å². The van der Waals surface area contributed by atoms with E-state index < -0.39 is 0 Å². The highest BCUT2D eigenvalue weighted by atomic mass is 35.5. The van der Waals surface area contributed by atoms with Crippen molar-refractivity contribution in [3.63, 3.8) is 0 Å². The van der Waals surface area contributed by atoms with E-state index in [-0.39, 0.29) is 5.78 Å². The number of hydrogen-bond acceptors (Lipinski definition) is 2. The molecule has 0 atom stereocenters. The van der Waals surface area contributed by atoms with Crippen LogP contribution in [0, 0.1) is 20.8 Å². The van der Waals surface area contributed by atoms with E-state index in [4.69, 9.17) is 11.6 Å². The Morgan fingerprint density at radius 3 is 2.25 bits per heavy atom. The van der Waals surface area contributed by atoms with E-state index in [9.17, 15) is 4.79 Å². The van der Waals surface area contributed by atoms with Gasteiger partial charge in [0.05, 0.1) is 5.69 Å². The van der Waals surface area contributed by atoms with Crippen molar-refractivity contribution in [1.82, 2.24) is 9.78 Å². The molecule has 2 aromatic rings. The van der Waals surface area contributed by atoms with Gasteiger partial charge in [-0.15, -0.1) is 0 Å². The zero-order chi connectivity index (χ0) is 14.9. The first kappa shape index (κ1) is 14.8. The number of halogens is 1. The summed E-state index contributed by atoms with van der Waals surface area (Å²) in [6.45, 7) is 5.97. The summed E-state index contributed by atoms with van der Waals surface area (Å²) in [6.07, 6.45) is 0.776. The molecular formula is C16H19ClN2O. The molecule has 1 aromatic heterocycles. The van der Waals surface area contributed by atoms with Crippen molar-refractivity contribution in [2.24, 2.45) is 7.05 Å². The van der Waals surface area contributed by atoms with E-state index in [1.807, 2.05) is 20.8 Å². The van der Waals surface area contributed by atoms with Crippen LogP contribution in [-0.4, -0.2) is 15.6 Å². The number of aromatic nitrogens is 2. The predicted octanol–water partition coefficient (Wildman–Crippen LogP) is 3.35. The van der Waals surface area contributed by atoms with Gasteiger partial charge in [0, 0.05) is 25.5 Å². The second-order valence-corrected chi connectivity index (χ2v) is 5.72. The molecule has 1 heterocycles. The summed E-state index contributed by atoms with van der Waals surface area (Å²) < 4.78 is 1.61. The molecule has 0 aliphatic heterocycles. The minimum atomic E-state index is 0.160. The third kappa shape index (κ3) is 3.28. The Labute approximate surface area is 124 Å². The van der Waals surface area contributed by atoms with E-state index >= 15 is 0 Å². The highest BCUT2D eigenvalue weighted by Crippen LogP contribution is 2.20. The summed E-state index contributed by atoms with van der Waals surface area (Å²) in [6, 6.07) is 6.22. The summed E-state index contributed by atoms with van der Waals surface area (Å²) in [5.41, 5.74) is 5.09. The number of ketones is 1. The first-order chi connectivity index (χ1) is 9.36. The van der Waals surface area contributed by atoms with Crippen LogP contribution < -0.4 is 0 Å². The summed E-state index contributed by atoms with van der Waals surface area (Å²) in [5, 5.41) is 4.78. The molecule has 0 N–H and O–H groups in total. The van der Waals surface area contributed by atoms with Crippen LogP contribution in [0.5, 0.6) is 0 Å². The van der Waals surface area contributed by atoms with Gasteiger partial charge in [-0.2, -0.15) is 5.10 Å². The smallest absolute Gasteiger partial charge is 0.141 e. The van der Waals surface area contributed by atoms with Crippen LogP contribution in [0.15, 0.2) is 18.2 Å². The molecular weight excluding hydrogens is 272 g/mol. The summed E-state index contributed by atoms with van der Waals surface area (Å²) >= 11 is 6.16. The zero-order valence-corrected chi connectivity index (χ0v) is 13.1. The topological polar surface area (TPSA) is 34.9 Å². The molecule has 0 fully saturated rings. The molecule has 0 aliphatic rings. The minimum Gasteiger partial charge on any atom is -0.299 e. The van der Waals surface area contributed by atoms with Crippen molar-refractivity contribution in [2.45, 2.75) is 33.6 Å². The van der Waals surface area contributed by atoms with E-state index in [1.165, 1.54) is 11.1 Å². The SMILES string of the molecule is Cc1cc(C)cc(CC(=O)Cc2c(C)nn(C)c2Cl)c1. The summed E-state index contributed by atoms with van der Waals surface area (Å²) in [4.78, 5) is 12.2. The molecule has 0 bridgehead atoms. The van der Waals surface area contributed by atoms with Crippen LogP contribution in [-0.2, 0) is 24.7 Å². The number of hydrogen-bond donors (Lipinski definition) is 0. The third-order valence-corrected chi connectivity index (χ3v) is 3.80. The molecule has 0 radical (unpaired) electrons. The van der Waals surface area contributed by atoms with E-state index in [0.29, 0.717) is 18.0 Å². The average Bonchev–Trinajstić information content (AvgIpc) is 2.54. The predicted molar refractivity (Wildman–Crippen MR) is 81.3 cm³/mol. The lowest BCUT2D eigenvalue weighted by Crippen LogP contribution is -2.08. The van der Waals surface area contributed by atoms with Gasteiger partial charge in [-0.05, 0) is 26.3 Å². The van der Waals surface area contributed by atoms with Crippen LogP contribution in [0.4, 0.5) is 0 Å². The fourth-order valence-electron chi connectivity index (χ4n) is 2.53. The lowest BCUT2D eigenvalue weighted by Gasteiger charge is -2.05. The largest absolute Gasteiger partial charge is 0.299 e. The van der Waals surface area contributed by atoms with Crippen molar-refractivity contribution >= 4 is 17.4 Å².